The molecule has 2 aromatic rings. The number of amides is 2. The van der Waals surface area contributed by atoms with Crippen molar-refractivity contribution in [2.24, 2.45) is 0 Å². The lowest BCUT2D eigenvalue weighted by atomic mass is 10.1. The molecule has 1 aliphatic rings. The summed E-state index contributed by atoms with van der Waals surface area (Å²) in [5.41, 5.74) is 2.06. The lowest BCUT2D eigenvalue weighted by Gasteiger charge is -2.29. The number of carbonyl (C=O) groups excluding carboxylic acids is 2. The Morgan fingerprint density at radius 2 is 2.07 bits per heavy atom. The maximum absolute atomic E-state index is 13.2. The molecular formula is C20H21ClFN3O2. The minimum atomic E-state index is -0.394. The number of carbonyl (C=O) groups is 2. The van der Waals surface area contributed by atoms with Crippen molar-refractivity contribution in [2.75, 3.05) is 23.8 Å². The standard InChI is InChI=1S/C20H21ClFN3O2/c1-13-9-19(26)23-17-5-3-4-6-18(17)25(13)20(27)12-24(2)11-14-7-8-15(22)10-16(14)21/h3-8,10,13H,9,11-12H2,1-2H3,(H,23,26). The zero-order valence-corrected chi connectivity index (χ0v) is 16.0. The van der Waals surface area contributed by atoms with Crippen LogP contribution < -0.4 is 10.2 Å². The molecule has 27 heavy (non-hydrogen) atoms. The number of rotatable bonds is 4. The van der Waals surface area contributed by atoms with Crippen molar-refractivity contribution in [2.45, 2.75) is 25.9 Å². The van der Waals surface area contributed by atoms with Gasteiger partial charge in [0.05, 0.1) is 17.9 Å². The molecule has 1 aliphatic heterocycles. The van der Waals surface area contributed by atoms with Crippen LogP contribution in [-0.2, 0) is 16.1 Å². The van der Waals surface area contributed by atoms with E-state index in [0.717, 1.165) is 5.56 Å². The molecule has 0 fully saturated rings. The first-order valence-corrected chi connectivity index (χ1v) is 9.06. The van der Waals surface area contributed by atoms with Crippen LogP contribution in [0.2, 0.25) is 5.02 Å². The maximum Gasteiger partial charge on any atom is 0.241 e. The summed E-state index contributed by atoms with van der Waals surface area (Å²) in [7, 11) is 1.80. The van der Waals surface area contributed by atoms with Gasteiger partial charge in [-0.3, -0.25) is 14.5 Å². The highest BCUT2D eigenvalue weighted by atomic mass is 35.5. The highest BCUT2D eigenvalue weighted by Gasteiger charge is 2.29. The molecule has 1 unspecified atom stereocenters. The Kier molecular flexibility index (Phi) is 5.77. The van der Waals surface area contributed by atoms with Crippen LogP contribution in [0.25, 0.3) is 0 Å². The van der Waals surface area contributed by atoms with Gasteiger partial charge in [-0.15, -0.1) is 0 Å². The van der Waals surface area contributed by atoms with Crippen molar-refractivity contribution in [1.29, 1.82) is 0 Å². The first kappa shape index (κ1) is 19.3. The molecular weight excluding hydrogens is 369 g/mol. The Morgan fingerprint density at radius 3 is 2.81 bits per heavy atom. The van der Waals surface area contributed by atoms with Crippen molar-refractivity contribution in [3.05, 3.63) is 58.9 Å². The maximum atomic E-state index is 13.2. The molecule has 1 heterocycles. The molecule has 3 rings (SSSR count). The zero-order valence-electron chi connectivity index (χ0n) is 15.2. The van der Waals surface area contributed by atoms with E-state index in [2.05, 4.69) is 5.32 Å². The molecule has 1 N–H and O–H groups in total. The van der Waals surface area contributed by atoms with Gasteiger partial charge in [-0.25, -0.2) is 4.39 Å². The fourth-order valence-corrected chi connectivity index (χ4v) is 3.50. The second-order valence-electron chi connectivity index (χ2n) is 6.79. The van der Waals surface area contributed by atoms with E-state index < -0.39 is 5.82 Å². The molecule has 0 saturated heterocycles. The van der Waals surface area contributed by atoms with Crippen LogP contribution >= 0.6 is 11.6 Å². The average molecular weight is 390 g/mol. The first-order chi connectivity index (χ1) is 12.8. The van der Waals surface area contributed by atoms with Gasteiger partial charge in [0, 0.05) is 24.0 Å². The third-order valence-corrected chi connectivity index (χ3v) is 4.84. The van der Waals surface area contributed by atoms with Gasteiger partial charge in [0.15, 0.2) is 0 Å². The SMILES string of the molecule is CC1CC(=O)Nc2ccccc2N1C(=O)CN(C)Cc1ccc(F)cc1Cl. The summed E-state index contributed by atoms with van der Waals surface area (Å²) in [5.74, 6) is -0.626. The molecule has 0 bridgehead atoms. The highest BCUT2D eigenvalue weighted by Crippen LogP contribution is 2.31. The van der Waals surface area contributed by atoms with E-state index >= 15 is 0 Å². The first-order valence-electron chi connectivity index (χ1n) is 8.68. The van der Waals surface area contributed by atoms with Crippen LogP contribution in [0, 0.1) is 5.82 Å². The number of nitrogens with zero attached hydrogens (tertiary/aromatic N) is 2. The molecule has 0 saturated carbocycles. The number of hydrogen-bond donors (Lipinski definition) is 1. The Hall–Kier alpha value is -2.44. The van der Waals surface area contributed by atoms with E-state index in [0.29, 0.717) is 22.9 Å². The van der Waals surface area contributed by atoms with E-state index in [9.17, 15) is 14.0 Å². The summed E-state index contributed by atoms with van der Waals surface area (Å²) in [6.45, 7) is 2.41. The summed E-state index contributed by atoms with van der Waals surface area (Å²) in [6.07, 6.45) is 0.230. The van der Waals surface area contributed by atoms with Crippen molar-refractivity contribution in [3.63, 3.8) is 0 Å². The summed E-state index contributed by atoms with van der Waals surface area (Å²) in [6, 6.07) is 11.2. The van der Waals surface area contributed by atoms with Crippen molar-refractivity contribution in [3.8, 4) is 0 Å². The molecule has 7 heteroatoms. The monoisotopic (exact) mass is 389 g/mol. The third-order valence-electron chi connectivity index (χ3n) is 4.49. The quantitative estimate of drug-likeness (QED) is 0.867. The van der Waals surface area contributed by atoms with Crippen LogP contribution in [0.3, 0.4) is 0 Å². The second kappa shape index (κ2) is 8.06. The molecule has 1 atom stereocenters. The van der Waals surface area contributed by atoms with Crippen LogP contribution in [0.5, 0.6) is 0 Å². The lowest BCUT2D eigenvalue weighted by Crippen LogP contribution is -2.44. The summed E-state index contributed by atoms with van der Waals surface area (Å²) >= 11 is 6.08. The van der Waals surface area contributed by atoms with E-state index in [4.69, 9.17) is 11.6 Å². The van der Waals surface area contributed by atoms with Gasteiger partial charge < -0.3 is 10.2 Å². The molecule has 142 valence electrons. The van der Waals surface area contributed by atoms with Gasteiger partial charge >= 0.3 is 0 Å². The van der Waals surface area contributed by atoms with Gasteiger partial charge in [0.1, 0.15) is 5.82 Å². The molecule has 5 nitrogen and oxygen atoms in total. The summed E-state index contributed by atoms with van der Waals surface area (Å²) in [5, 5.41) is 3.18. The molecule has 0 spiro atoms. The normalized spacial score (nSPS) is 16.7. The predicted molar refractivity (Wildman–Crippen MR) is 104 cm³/mol. The van der Waals surface area contributed by atoms with Crippen LogP contribution in [0.4, 0.5) is 15.8 Å². The molecule has 0 radical (unpaired) electrons. The van der Waals surface area contributed by atoms with E-state index in [1.165, 1.54) is 12.1 Å². The second-order valence-corrected chi connectivity index (χ2v) is 7.20. The Balaban J connectivity index is 1.77. The van der Waals surface area contributed by atoms with Crippen molar-refractivity contribution >= 4 is 34.8 Å². The largest absolute Gasteiger partial charge is 0.324 e. The smallest absolute Gasteiger partial charge is 0.241 e. The fourth-order valence-electron chi connectivity index (χ4n) is 3.27. The summed E-state index contributed by atoms with van der Waals surface area (Å²) in [4.78, 5) is 28.5. The third kappa shape index (κ3) is 4.46. The lowest BCUT2D eigenvalue weighted by molar-refractivity contribution is -0.120. The number of nitrogens with one attached hydrogen (secondary N) is 1. The highest BCUT2D eigenvalue weighted by molar-refractivity contribution is 6.31. The minimum absolute atomic E-state index is 0.114. The summed E-state index contributed by atoms with van der Waals surface area (Å²) < 4.78 is 13.2. The minimum Gasteiger partial charge on any atom is -0.324 e. The van der Waals surface area contributed by atoms with E-state index in [1.54, 1.807) is 24.1 Å². The van der Waals surface area contributed by atoms with Crippen LogP contribution in [0.1, 0.15) is 18.9 Å². The van der Waals surface area contributed by atoms with Gasteiger partial charge in [0.2, 0.25) is 11.8 Å². The number of halogens is 2. The average Bonchev–Trinajstić information content (AvgIpc) is 2.71. The van der Waals surface area contributed by atoms with Crippen LogP contribution in [0.15, 0.2) is 42.5 Å². The van der Waals surface area contributed by atoms with Gasteiger partial charge in [-0.1, -0.05) is 29.8 Å². The molecule has 0 aromatic heterocycles. The fraction of sp³-hybridized carbons (Fsp3) is 0.300. The number of para-hydroxylation sites is 2. The molecule has 0 aliphatic carbocycles. The zero-order chi connectivity index (χ0) is 19.6. The van der Waals surface area contributed by atoms with Gasteiger partial charge in [0.25, 0.3) is 0 Å². The van der Waals surface area contributed by atoms with E-state index in [-0.39, 0.29) is 30.8 Å². The number of benzene rings is 2. The van der Waals surface area contributed by atoms with Crippen molar-refractivity contribution in [1.82, 2.24) is 4.90 Å². The van der Waals surface area contributed by atoms with Gasteiger partial charge in [-0.05, 0) is 43.8 Å². The van der Waals surface area contributed by atoms with Crippen molar-refractivity contribution < 1.29 is 14.0 Å². The van der Waals surface area contributed by atoms with Crippen LogP contribution in [-0.4, -0.2) is 36.3 Å². The van der Waals surface area contributed by atoms with E-state index in [1.807, 2.05) is 30.0 Å². The number of hydrogen-bond acceptors (Lipinski definition) is 3. The Labute approximate surface area is 162 Å². The number of fused-ring (bicyclic) bond motifs is 1. The van der Waals surface area contributed by atoms with Gasteiger partial charge in [-0.2, -0.15) is 0 Å². The Bertz CT molecular complexity index is 874. The topological polar surface area (TPSA) is 52.7 Å². The Morgan fingerprint density at radius 1 is 1.33 bits per heavy atom. The number of anilines is 2. The number of likely N-dealkylation sites (N-methyl/N-ethyl adjacent to an activating group) is 1. The predicted octanol–water partition coefficient (Wildman–Crippen LogP) is 3.67. The molecule has 2 amide bonds. The molecule has 2 aromatic carbocycles.